The molecule has 0 radical (unpaired) electrons. The van der Waals surface area contributed by atoms with E-state index in [0.717, 1.165) is 55.2 Å². The van der Waals surface area contributed by atoms with Gasteiger partial charge in [0, 0.05) is 84.0 Å². The summed E-state index contributed by atoms with van der Waals surface area (Å²) in [7, 11) is 3.32. The number of piperidine rings is 2. The second kappa shape index (κ2) is 22.1. The lowest BCUT2D eigenvalue weighted by Crippen LogP contribution is -3.12. The minimum Gasteiger partial charge on any atom is -0.480 e. The average Bonchev–Trinajstić information content (AvgIpc) is 3.24. The molecule has 0 amide bonds. The number of para-hydroxylation sites is 1. The number of pyridine rings is 1. The molecule has 1 aliphatic carbocycles. The quantitative estimate of drug-likeness (QED) is 0.288. The number of methoxy groups -OCH3 is 4. The number of sulfonamides is 1. The summed E-state index contributed by atoms with van der Waals surface area (Å²) in [5.41, 5.74) is 3.60. The number of fused-ring (bicyclic) bond motifs is 1. The molecule has 2 aromatic heterocycles. The maximum atomic E-state index is 12.0. The van der Waals surface area contributed by atoms with Gasteiger partial charge in [-0.25, -0.2) is 23.4 Å². The van der Waals surface area contributed by atoms with Gasteiger partial charge >= 0.3 is 0 Å². The van der Waals surface area contributed by atoms with Crippen LogP contribution in [0, 0.1) is 0 Å². The topological polar surface area (TPSA) is 142 Å². The molecule has 1 aromatic carbocycles. The number of hydrogen-bond acceptors (Lipinski definition) is 12. The fourth-order valence-electron chi connectivity index (χ4n) is 7.90. The number of nitrogens with zero attached hydrogens (tertiary/aromatic N) is 5. The van der Waals surface area contributed by atoms with Crippen molar-refractivity contribution >= 4 is 32.6 Å². The molecule has 0 unspecified atom stereocenters. The zero-order valence-electron chi connectivity index (χ0n) is 34.6. The first-order valence-corrected chi connectivity index (χ1v) is 22.3. The van der Waals surface area contributed by atoms with Crippen molar-refractivity contribution in [2.24, 2.45) is 0 Å². The van der Waals surface area contributed by atoms with Gasteiger partial charge < -0.3 is 33.5 Å². The number of morpholine rings is 1. The van der Waals surface area contributed by atoms with E-state index in [0.29, 0.717) is 61.8 Å². The van der Waals surface area contributed by atoms with Crippen molar-refractivity contribution in [2.75, 3.05) is 103 Å². The maximum absolute atomic E-state index is 12.0. The highest BCUT2D eigenvalue weighted by Gasteiger charge is 2.24. The Balaban J connectivity index is 0.000000272. The lowest BCUT2D eigenvalue weighted by molar-refractivity contribution is -0.904. The molecule has 15 heteroatoms. The van der Waals surface area contributed by atoms with Crippen LogP contribution >= 0.6 is 0 Å². The van der Waals surface area contributed by atoms with E-state index in [9.17, 15) is 8.42 Å². The van der Waals surface area contributed by atoms with Gasteiger partial charge in [-0.3, -0.25) is 9.62 Å². The van der Waals surface area contributed by atoms with Gasteiger partial charge in [0.25, 0.3) is 0 Å². The van der Waals surface area contributed by atoms with Crippen molar-refractivity contribution in [2.45, 2.75) is 89.6 Å². The fourth-order valence-corrected chi connectivity index (χ4v) is 8.45. The number of rotatable bonds is 11. The van der Waals surface area contributed by atoms with Gasteiger partial charge in [-0.05, 0) is 44.2 Å². The first-order valence-electron chi connectivity index (χ1n) is 20.4. The first kappa shape index (κ1) is 43.9. The lowest BCUT2D eigenvalue weighted by Gasteiger charge is -2.31. The predicted molar refractivity (Wildman–Crippen MR) is 221 cm³/mol. The number of ether oxygens (including phenoxy) is 5. The number of nitrogens with one attached hydrogen (secondary N) is 2. The fraction of sp³-hybridized carbons (Fsp3) is 0.683. The third-order valence-corrected chi connectivity index (χ3v) is 11.9. The Hall–Kier alpha value is -3.18. The Labute approximate surface area is 334 Å². The molecule has 0 bridgehead atoms. The number of hydrogen-bond donors (Lipinski definition) is 2. The number of aromatic nitrogens is 3. The van der Waals surface area contributed by atoms with Gasteiger partial charge in [0.1, 0.15) is 5.69 Å². The summed E-state index contributed by atoms with van der Waals surface area (Å²) >= 11 is 0. The zero-order valence-corrected chi connectivity index (χ0v) is 35.4. The standard InChI is InChI=1S/C26H34N6O5S.C8H17NO.C7H14O/c1-35-20-7-9-31(10-8-20)17-18-5-4-6-21-23(18)28-26(32-11-13-37-14-12-32)29-24(21)19-15-22(30-38(3,33)34)25(36-2)27-16-19;1-3-9-6-4-8(10-2)5-7-9;1-8-7-5-3-2-4-6-7/h4-6,15-16,20,30H,7-14,17H2,1-3H3;8H,3-7H2,1-2H3;7H,2-6H2,1H3/p+1. The average molecular weight is 801 g/mol. The Morgan fingerprint density at radius 3 is 2.09 bits per heavy atom. The van der Waals surface area contributed by atoms with E-state index in [1.807, 2.05) is 26.4 Å². The Morgan fingerprint density at radius 1 is 0.857 bits per heavy atom. The van der Waals surface area contributed by atoms with Gasteiger partial charge in [0.2, 0.25) is 21.9 Å². The normalized spacial score (nSPS) is 21.4. The second-order valence-electron chi connectivity index (χ2n) is 15.2. The molecule has 0 spiro atoms. The van der Waals surface area contributed by atoms with Crippen LogP contribution in [0.5, 0.6) is 5.88 Å². The molecule has 2 N–H and O–H groups in total. The monoisotopic (exact) mass is 800 g/mol. The molecule has 14 nitrogen and oxygen atoms in total. The van der Waals surface area contributed by atoms with Gasteiger partial charge in [-0.2, -0.15) is 0 Å². The molecule has 4 aliphatic rings. The molecule has 3 aliphatic heterocycles. The van der Waals surface area contributed by atoms with Gasteiger partial charge in [-0.1, -0.05) is 37.5 Å². The molecule has 1 saturated carbocycles. The van der Waals surface area contributed by atoms with E-state index in [1.54, 1.807) is 24.3 Å². The summed E-state index contributed by atoms with van der Waals surface area (Å²) in [6.07, 6.45) is 15.5. The number of likely N-dealkylation sites (tertiary alicyclic amines) is 2. The summed E-state index contributed by atoms with van der Waals surface area (Å²) in [6, 6.07) is 7.85. The minimum atomic E-state index is -3.54. The zero-order chi connectivity index (χ0) is 39.9. The van der Waals surface area contributed by atoms with Crippen molar-refractivity contribution in [3.8, 4) is 17.1 Å². The molecule has 312 valence electrons. The molecule has 3 aromatic rings. The van der Waals surface area contributed by atoms with Gasteiger partial charge in [0.05, 0.1) is 75.7 Å². The van der Waals surface area contributed by atoms with Crippen molar-refractivity contribution in [1.82, 2.24) is 19.9 Å². The largest absolute Gasteiger partial charge is 0.480 e. The van der Waals surface area contributed by atoms with E-state index in [1.165, 1.54) is 71.7 Å². The number of anilines is 2. The van der Waals surface area contributed by atoms with E-state index in [2.05, 4.69) is 32.5 Å². The molecule has 3 saturated heterocycles. The third-order valence-electron chi connectivity index (χ3n) is 11.3. The van der Waals surface area contributed by atoms with E-state index in [4.69, 9.17) is 33.7 Å². The lowest BCUT2D eigenvalue weighted by atomic mass is 9.98. The molecule has 5 heterocycles. The number of quaternary nitrogens is 1. The van der Waals surface area contributed by atoms with Crippen LogP contribution in [0.25, 0.3) is 22.2 Å². The van der Waals surface area contributed by atoms with E-state index < -0.39 is 10.0 Å². The molecule has 4 fully saturated rings. The Kier molecular flexibility index (Phi) is 17.3. The van der Waals surface area contributed by atoms with Crippen molar-refractivity contribution in [1.29, 1.82) is 0 Å². The van der Waals surface area contributed by atoms with Crippen LogP contribution in [-0.2, 0) is 35.5 Å². The van der Waals surface area contributed by atoms with Gasteiger partial charge in [0.15, 0.2) is 0 Å². The third kappa shape index (κ3) is 12.9. The number of benzene rings is 1. The van der Waals surface area contributed by atoms with E-state index >= 15 is 0 Å². The van der Waals surface area contributed by atoms with Crippen LogP contribution in [0.15, 0.2) is 30.5 Å². The predicted octanol–water partition coefficient (Wildman–Crippen LogP) is 4.18. The molecule has 7 rings (SSSR count). The van der Waals surface area contributed by atoms with Gasteiger partial charge in [-0.15, -0.1) is 0 Å². The molecular weight excluding hydrogens is 735 g/mol. The molecular formula is C41H66N7O7S+. The van der Waals surface area contributed by atoms with Crippen LogP contribution in [0.3, 0.4) is 0 Å². The summed E-state index contributed by atoms with van der Waals surface area (Å²) in [5, 5.41) is 0.878. The van der Waals surface area contributed by atoms with Crippen molar-refractivity contribution in [3.05, 3.63) is 36.0 Å². The van der Waals surface area contributed by atoms with E-state index in [-0.39, 0.29) is 11.6 Å². The highest BCUT2D eigenvalue weighted by molar-refractivity contribution is 7.92. The van der Waals surface area contributed by atoms with Crippen LogP contribution in [0.2, 0.25) is 0 Å². The maximum Gasteiger partial charge on any atom is 0.238 e. The highest BCUT2D eigenvalue weighted by Crippen LogP contribution is 2.34. The summed E-state index contributed by atoms with van der Waals surface area (Å²) in [6.45, 7) is 11.4. The molecule has 56 heavy (non-hydrogen) atoms. The first-order chi connectivity index (χ1) is 27.1. The highest BCUT2D eigenvalue weighted by atomic mass is 32.2. The smallest absolute Gasteiger partial charge is 0.238 e. The minimum absolute atomic E-state index is 0.186. The Bertz CT molecular complexity index is 1730. The van der Waals surface area contributed by atoms with Crippen molar-refractivity contribution < 1.29 is 37.0 Å². The Morgan fingerprint density at radius 2 is 1.50 bits per heavy atom. The molecule has 0 atom stereocenters. The van der Waals surface area contributed by atoms with Crippen LogP contribution in [0.4, 0.5) is 11.6 Å². The van der Waals surface area contributed by atoms with Crippen LogP contribution < -0.4 is 19.3 Å². The van der Waals surface area contributed by atoms with Crippen molar-refractivity contribution in [3.63, 3.8) is 0 Å². The summed E-state index contributed by atoms with van der Waals surface area (Å²) in [5.74, 6) is 0.806. The SMILES string of the molecule is CC[NH+]1CCC(OC)CC1.COC1CCCCC1.COc1ncc(-c2nc(N3CCOCC3)nc3c(CN4CCC(OC)CC4)cccc23)cc1NS(C)(=O)=O. The van der Waals surface area contributed by atoms with Crippen LogP contribution in [-0.4, -0.2) is 140 Å². The summed E-state index contributed by atoms with van der Waals surface area (Å²) in [4.78, 5) is 20.7. The second-order valence-corrected chi connectivity index (χ2v) is 16.9. The summed E-state index contributed by atoms with van der Waals surface area (Å²) < 4.78 is 53.4. The van der Waals surface area contributed by atoms with Crippen LogP contribution in [0.1, 0.15) is 70.3 Å².